The number of unbranched alkanes of at least 4 members (excludes halogenated alkanes) is 6. The first-order valence-electron chi connectivity index (χ1n) is 10.5. The number of esters is 2. The third kappa shape index (κ3) is 13.5. The molecule has 0 radical (unpaired) electrons. The van der Waals surface area contributed by atoms with Gasteiger partial charge in [-0.15, -0.1) is 0 Å². The molecule has 1 aromatic rings. The Hall–Kier alpha value is -2.34. The SMILES string of the molecule is CCCCCCCCCc1ccc(OCCOC(=O)C=CC(=O)OCCO)cc1. The van der Waals surface area contributed by atoms with E-state index in [1.54, 1.807) is 0 Å². The number of aliphatic hydroxyl groups excluding tert-OH is 1. The van der Waals surface area contributed by atoms with Gasteiger partial charge >= 0.3 is 11.9 Å². The van der Waals surface area contributed by atoms with Crippen molar-refractivity contribution in [3.05, 3.63) is 42.0 Å². The summed E-state index contributed by atoms with van der Waals surface area (Å²) in [6.07, 6.45) is 12.2. The molecule has 0 saturated heterocycles. The third-order valence-electron chi connectivity index (χ3n) is 4.28. The molecule has 0 amide bonds. The van der Waals surface area contributed by atoms with Gasteiger partial charge < -0.3 is 19.3 Å². The van der Waals surface area contributed by atoms with Gasteiger partial charge in [0.25, 0.3) is 0 Å². The molecule has 0 aliphatic carbocycles. The van der Waals surface area contributed by atoms with Crippen LogP contribution in [0, 0.1) is 0 Å². The molecule has 6 nitrogen and oxygen atoms in total. The molecule has 0 bridgehead atoms. The predicted molar refractivity (Wildman–Crippen MR) is 112 cm³/mol. The molecule has 6 heteroatoms. The van der Waals surface area contributed by atoms with Crippen LogP contribution < -0.4 is 4.74 Å². The Morgan fingerprint density at radius 3 is 2.03 bits per heavy atom. The van der Waals surface area contributed by atoms with Crippen molar-refractivity contribution in [3.8, 4) is 5.75 Å². The second kappa shape index (κ2) is 16.6. The van der Waals surface area contributed by atoms with E-state index < -0.39 is 11.9 Å². The van der Waals surface area contributed by atoms with E-state index >= 15 is 0 Å². The van der Waals surface area contributed by atoms with Gasteiger partial charge in [0.2, 0.25) is 0 Å². The average Bonchev–Trinajstić information content (AvgIpc) is 2.74. The number of benzene rings is 1. The lowest BCUT2D eigenvalue weighted by atomic mass is 10.0. The van der Waals surface area contributed by atoms with E-state index in [0.29, 0.717) is 0 Å². The number of rotatable bonds is 16. The maximum atomic E-state index is 11.5. The van der Waals surface area contributed by atoms with Gasteiger partial charge in [-0.25, -0.2) is 9.59 Å². The maximum Gasteiger partial charge on any atom is 0.331 e. The molecule has 0 fully saturated rings. The fraction of sp³-hybridized carbons (Fsp3) is 0.565. The molecule has 0 aromatic heterocycles. The number of hydrogen-bond donors (Lipinski definition) is 1. The van der Waals surface area contributed by atoms with E-state index in [0.717, 1.165) is 24.3 Å². The average molecular weight is 407 g/mol. The van der Waals surface area contributed by atoms with Crippen molar-refractivity contribution in [2.75, 3.05) is 26.4 Å². The Balaban J connectivity index is 2.12. The van der Waals surface area contributed by atoms with Crippen molar-refractivity contribution >= 4 is 11.9 Å². The van der Waals surface area contributed by atoms with Crippen LogP contribution in [-0.4, -0.2) is 43.5 Å². The standard InChI is InChI=1S/C23H34O6/c1-2-3-4-5-6-7-8-9-20-10-12-21(13-11-20)27-18-19-29-23(26)15-14-22(25)28-17-16-24/h10-15,24H,2-9,16-19H2,1H3. The summed E-state index contributed by atoms with van der Waals surface area (Å²) in [4.78, 5) is 22.6. The van der Waals surface area contributed by atoms with Gasteiger partial charge in [-0.2, -0.15) is 0 Å². The Morgan fingerprint density at radius 2 is 1.41 bits per heavy atom. The summed E-state index contributed by atoms with van der Waals surface area (Å²) < 4.78 is 15.1. The van der Waals surface area contributed by atoms with Crippen LogP contribution in [-0.2, 0) is 25.5 Å². The van der Waals surface area contributed by atoms with E-state index in [-0.39, 0.29) is 26.4 Å². The van der Waals surface area contributed by atoms with Gasteiger partial charge in [-0.1, -0.05) is 57.6 Å². The summed E-state index contributed by atoms with van der Waals surface area (Å²) in [5.41, 5.74) is 1.30. The lowest BCUT2D eigenvalue weighted by Gasteiger charge is -2.07. The molecule has 0 saturated carbocycles. The smallest absolute Gasteiger partial charge is 0.331 e. The molecule has 1 N–H and O–H groups in total. The molecule has 0 atom stereocenters. The van der Waals surface area contributed by atoms with Crippen LogP contribution in [0.4, 0.5) is 0 Å². The minimum Gasteiger partial charge on any atom is -0.490 e. The molecule has 0 spiro atoms. The van der Waals surface area contributed by atoms with Gasteiger partial charge in [-0.05, 0) is 30.5 Å². The minimum absolute atomic E-state index is 0.0780. The first-order chi connectivity index (χ1) is 14.2. The highest BCUT2D eigenvalue weighted by atomic mass is 16.6. The maximum absolute atomic E-state index is 11.5. The highest BCUT2D eigenvalue weighted by Crippen LogP contribution is 2.15. The van der Waals surface area contributed by atoms with Crippen molar-refractivity contribution < 1.29 is 28.9 Å². The van der Waals surface area contributed by atoms with Gasteiger partial charge in [0, 0.05) is 12.2 Å². The summed E-state index contributed by atoms with van der Waals surface area (Å²) in [6, 6.07) is 7.99. The Bertz CT molecular complexity index is 594. The van der Waals surface area contributed by atoms with Crippen molar-refractivity contribution in [2.45, 2.75) is 58.3 Å². The largest absolute Gasteiger partial charge is 0.490 e. The summed E-state index contributed by atoms with van der Waals surface area (Å²) >= 11 is 0. The number of aryl methyl sites for hydroxylation is 1. The number of carbonyl (C=O) groups is 2. The molecule has 1 rings (SSSR count). The van der Waals surface area contributed by atoms with E-state index in [1.807, 2.05) is 12.1 Å². The monoisotopic (exact) mass is 406 g/mol. The van der Waals surface area contributed by atoms with Gasteiger partial charge in [-0.3, -0.25) is 0 Å². The zero-order chi connectivity index (χ0) is 21.2. The summed E-state index contributed by atoms with van der Waals surface area (Å²) in [7, 11) is 0. The normalized spacial score (nSPS) is 10.8. The van der Waals surface area contributed by atoms with Gasteiger partial charge in [0.1, 0.15) is 25.6 Å². The first-order valence-corrected chi connectivity index (χ1v) is 10.5. The quantitative estimate of drug-likeness (QED) is 0.254. The van der Waals surface area contributed by atoms with E-state index in [1.165, 1.54) is 50.5 Å². The Kier molecular flexibility index (Phi) is 14.1. The van der Waals surface area contributed by atoms with E-state index in [4.69, 9.17) is 14.6 Å². The number of hydrogen-bond acceptors (Lipinski definition) is 6. The molecule has 0 unspecified atom stereocenters. The molecule has 162 valence electrons. The fourth-order valence-corrected chi connectivity index (χ4v) is 2.72. The van der Waals surface area contributed by atoms with Crippen LogP contribution in [0.25, 0.3) is 0 Å². The van der Waals surface area contributed by atoms with Crippen molar-refractivity contribution in [1.29, 1.82) is 0 Å². The highest BCUT2D eigenvalue weighted by Gasteiger charge is 2.02. The first kappa shape index (κ1) is 24.7. The second-order valence-electron chi connectivity index (χ2n) is 6.76. The van der Waals surface area contributed by atoms with Crippen LogP contribution in [0.15, 0.2) is 36.4 Å². The molecular formula is C23H34O6. The summed E-state index contributed by atoms with van der Waals surface area (Å²) in [5.74, 6) is -0.629. The summed E-state index contributed by atoms with van der Waals surface area (Å²) in [6.45, 7) is 2.17. The minimum atomic E-state index is -0.705. The number of aliphatic hydroxyl groups is 1. The predicted octanol–water partition coefficient (Wildman–Crippen LogP) is 3.99. The zero-order valence-electron chi connectivity index (χ0n) is 17.4. The second-order valence-corrected chi connectivity index (χ2v) is 6.76. The fourth-order valence-electron chi connectivity index (χ4n) is 2.72. The Labute approximate surface area is 173 Å². The number of carbonyl (C=O) groups excluding carboxylic acids is 2. The van der Waals surface area contributed by atoms with Crippen molar-refractivity contribution in [3.63, 3.8) is 0 Å². The van der Waals surface area contributed by atoms with Crippen LogP contribution in [0.3, 0.4) is 0 Å². The summed E-state index contributed by atoms with van der Waals surface area (Å²) in [5, 5.41) is 8.52. The molecule has 0 heterocycles. The molecule has 29 heavy (non-hydrogen) atoms. The van der Waals surface area contributed by atoms with Crippen molar-refractivity contribution in [2.24, 2.45) is 0 Å². The van der Waals surface area contributed by atoms with Crippen LogP contribution >= 0.6 is 0 Å². The lowest BCUT2D eigenvalue weighted by Crippen LogP contribution is -2.11. The zero-order valence-corrected chi connectivity index (χ0v) is 17.4. The van der Waals surface area contributed by atoms with Crippen LogP contribution in [0.2, 0.25) is 0 Å². The Morgan fingerprint density at radius 1 is 0.828 bits per heavy atom. The van der Waals surface area contributed by atoms with E-state index in [9.17, 15) is 9.59 Å². The third-order valence-corrected chi connectivity index (χ3v) is 4.28. The van der Waals surface area contributed by atoms with Gasteiger partial charge in [0.05, 0.1) is 6.61 Å². The highest BCUT2D eigenvalue weighted by molar-refractivity contribution is 5.91. The van der Waals surface area contributed by atoms with Crippen LogP contribution in [0.1, 0.15) is 57.4 Å². The van der Waals surface area contributed by atoms with Crippen molar-refractivity contribution in [1.82, 2.24) is 0 Å². The van der Waals surface area contributed by atoms with E-state index in [2.05, 4.69) is 23.8 Å². The van der Waals surface area contributed by atoms with Gasteiger partial charge in [0.15, 0.2) is 0 Å². The molecule has 0 aliphatic rings. The molecular weight excluding hydrogens is 372 g/mol. The lowest BCUT2D eigenvalue weighted by molar-refractivity contribution is -0.141. The van der Waals surface area contributed by atoms with Crippen LogP contribution in [0.5, 0.6) is 5.75 Å². The molecule has 0 aliphatic heterocycles. The topological polar surface area (TPSA) is 82.1 Å². The number of ether oxygens (including phenoxy) is 3. The molecule has 1 aromatic carbocycles.